The van der Waals surface area contributed by atoms with E-state index < -0.39 is 141 Å². The summed E-state index contributed by atoms with van der Waals surface area (Å²) in [6.45, 7) is 3.00. The fourth-order valence-corrected chi connectivity index (χ4v) is 10.4. The number of amides is 6. The first-order valence-corrected chi connectivity index (χ1v) is 27.2. The molecular formula is C37H32N6O21S6. The van der Waals surface area contributed by atoms with Crippen LogP contribution in [-0.2, 0) is 60.7 Å². The third-order valence-electron chi connectivity index (χ3n) is 9.65. The van der Waals surface area contributed by atoms with E-state index >= 15 is 0 Å². The average molecular weight is 1090 g/mol. The van der Waals surface area contributed by atoms with Gasteiger partial charge in [0.1, 0.15) is 9.79 Å². The Hall–Kier alpha value is -6.89. The molecule has 0 heterocycles. The summed E-state index contributed by atoms with van der Waals surface area (Å²) in [6.07, 6.45) is 0. The minimum Gasteiger partial charge on any atom is -0.308 e. The van der Waals surface area contributed by atoms with Gasteiger partial charge in [0.05, 0.1) is 31.0 Å². The van der Waals surface area contributed by atoms with Gasteiger partial charge in [0.2, 0.25) is 0 Å². The van der Waals surface area contributed by atoms with Crippen LogP contribution in [-0.4, -0.2) is 95.9 Å². The Morgan fingerprint density at radius 2 is 0.614 bits per heavy atom. The lowest BCUT2D eigenvalue weighted by molar-refractivity contribution is 0.261. The van der Waals surface area contributed by atoms with Gasteiger partial charge in [-0.2, -0.15) is 50.5 Å². The predicted octanol–water partition coefficient (Wildman–Crippen LogP) is 5.02. The molecule has 6 rings (SSSR count). The smallest absolute Gasteiger partial charge is 0.308 e. The van der Waals surface area contributed by atoms with Crippen molar-refractivity contribution in [1.82, 2.24) is 0 Å². The van der Waals surface area contributed by atoms with E-state index in [4.69, 9.17) is 0 Å². The largest absolute Gasteiger partial charge is 0.323 e. The zero-order valence-electron chi connectivity index (χ0n) is 34.8. The third kappa shape index (κ3) is 12.1. The molecule has 0 spiro atoms. The van der Waals surface area contributed by atoms with Crippen molar-refractivity contribution in [3.8, 4) is 0 Å². The summed E-state index contributed by atoms with van der Waals surface area (Å²) >= 11 is 0. The lowest BCUT2D eigenvalue weighted by atomic mass is 10.1. The van der Waals surface area contributed by atoms with Crippen LogP contribution in [0.15, 0.2) is 114 Å². The Kier molecular flexibility index (Phi) is 13.8. The molecule has 0 aliphatic rings. The normalized spacial score (nSPS) is 12.6. The molecule has 6 amide bonds. The van der Waals surface area contributed by atoms with Crippen LogP contribution in [0.4, 0.5) is 48.5 Å². The molecule has 0 saturated heterocycles. The second kappa shape index (κ2) is 18.5. The molecule has 70 heavy (non-hydrogen) atoms. The molecule has 0 unspecified atom stereocenters. The molecule has 12 N–H and O–H groups in total. The number of benzene rings is 6. The molecule has 0 atom stereocenters. The Bertz CT molecular complexity index is 3710. The highest BCUT2D eigenvalue weighted by atomic mass is 32.2. The molecule has 0 fully saturated rings. The zero-order chi connectivity index (χ0) is 52.3. The van der Waals surface area contributed by atoms with Crippen molar-refractivity contribution >= 4 is 134 Å². The van der Waals surface area contributed by atoms with Gasteiger partial charge < -0.3 is 31.9 Å². The van der Waals surface area contributed by atoms with Gasteiger partial charge in [0.15, 0.2) is 0 Å². The average Bonchev–Trinajstić information content (AvgIpc) is 3.20. The van der Waals surface area contributed by atoms with Crippen LogP contribution in [0.5, 0.6) is 0 Å². The van der Waals surface area contributed by atoms with E-state index in [2.05, 4.69) is 31.9 Å². The van der Waals surface area contributed by atoms with Crippen molar-refractivity contribution in [1.29, 1.82) is 0 Å². The van der Waals surface area contributed by atoms with Gasteiger partial charge >= 0.3 is 18.1 Å². The maximum absolute atomic E-state index is 13.3. The molecule has 6 aromatic rings. The van der Waals surface area contributed by atoms with E-state index in [9.17, 15) is 92.2 Å². The zero-order valence-corrected chi connectivity index (χ0v) is 39.7. The molecule has 0 radical (unpaired) electrons. The number of rotatable bonds is 12. The van der Waals surface area contributed by atoms with Crippen LogP contribution in [0, 0.1) is 13.8 Å². The molecule has 33 heteroatoms. The molecular weight excluding hydrogens is 1060 g/mol. The lowest BCUT2D eigenvalue weighted by Gasteiger charge is -2.17. The Morgan fingerprint density at radius 3 is 0.900 bits per heavy atom. The first-order valence-electron chi connectivity index (χ1n) is 18.5. The maximum Gasteiger partial charge on any atom is 0.323 e. The second-order valence-electron chi connectivity index (χ2n) is 14.6. The lowest BCUT2D eigenvalue weighted by Crippen LogP contribution is -2.22. The fraction of sp³-hybridized carbons (Fsp3) is 0.0541. The summed E-state index contributed by atoms with van der Waals surface area (Å²) in [5, 5.41) is 11.5. The Morgan fingerprint density at radius 1 is 0.343 bits per heavy atom. The van der Waals surface area contributed by atoms with E-state index in [0.29, 0.717) is 59.7 Å². The molecule has 0 saturated carbocycles. The van der Waals surface area contributed by atoms with E-state index in [0.717, 1.165) is 0 Å². The molecule has 0 bridgehead atoms. The van der Waals surface area contributed by atoms with E-state index in [1.165, 1.54) is 50.2 Å². The van der Waals surface area contributed by atoms with Gasteiger partial charge in [-0.25, -0.2) is 14.4 Å². The summed E-state index contributed by atoms with van der Waals surface area (Å²) in [5.41, 5.74) is -0.736. The number of urea groups is 3. The number of carbonyl (C=O) groups excluding carboxylic acids is 3. The number of hydrogen-bond donors (Lipinski definition) is 12. The van der Waals surface area contributed by atoms with Crippen LogP contribution in [0.25, 0.3) is 21.5 Å². The van der Waals surface area contributed by atoms with Crippen LogP contribution in [0.3, 0.4) is 0 Å². The SMILES string of the molecule is Cc1ccc(NC(=O)Nc2ccc(C)c(NC(=O)Nc3cc(S(=O)(=O)O)cc4cc(S(=O)(=O)O)cc(S(=O)(=O)O)c34)c2)cc1NC(=O)Nc1cc(S(=O)(=O)O)cc2cc(S(=O)(=O)O)cc(S(=O)(=O)O)c12. The number of fused-ring (bicyclic) bond motifs is 2. The second-order valence-corrected chi connectivity index (χ2v) is 23.1. The monoisotopic (exact) mass is 1090 g/mol. The molecule has 372 valence electrons. The van der Waals surface area contributed by atoms with Gasteiger partial charge in [0, 0.05) is 33.5 Å². The highest BCUT2D eigenvalue weighted by molar-refractivity contribution is 7.87. The number of nitrogens with one attached hydrogen (secondary N) is 6. The van der Waals surface area contributed by atoms with Crippen LogP contribution in [0.1, 0.15) is 11.1 Å². The first kappa shape index (κ1) is 52.5. The highest BCUT2D eigenvalue weighted by Crippen LogP contribution is 2.38. The van der Waals surface area contributed by atoms with Crippen LogP contribution < -0.4 is 31.9 Å². The van der Waals surface area contributed by atoms with Crippen LogP contribution in [0.2, 0.25) is 0 Å². The topological polar surface area (TPSA) is 450 Å². The third-order valence-corrected chi connectivity index (χ3v) is 14.7. The Balaban J connectivity index is 1.22. The van der Waals surface area contributed by atoms with Crippen LogP contribution >= 0.6 is 0 Å². The van der Waals surface area contributed by atoms with E-state index in [1.54, 1.807) is 0 Å². The number of anilines is 6. The van der Waals surface area contributed by atoms with Gasteiger partial charge in [0.25, 0.3) is 60.7 Å². The maximum atomic E-state index is 13.3. The fourth-order valence-electron chi connectivity index (χ4n) is 6.56. The van der Waals surface area contributed by atoms with Crippen molar-refractivity contribution in [2.75, 3.05) is 31.9 Å². The van der Waals surface area contributed by atoms with Gasteiger partial charge in [-0.3, -0.25) is 27.3 Å². The number of carbonyl (C=O) groups is 3. The highest BCUT2D eigenvalue weighted by Gasteiger charge is 2.28. The molecule has 6 aromatic carbocycles. The molecule has 27 nitrogen and oxygen atoms in total. The Labute approximate surface area is 395 Å². The van der Waals surface area contributed by atoms with E-state index in [1.807, 2.05) is 0 Å². The van der Waals surface area contributed by atoms with Gasteiger partial charge in [-0.05, 0) is 109 Å². The van der Waals surface area contributed by atoms with Crippen molar-refractivity contribution in [3.63, 3.8) is 0 Å². The quantitative estimate of drug-likeness (QED) is 0.0715. The van der Waals surface area contributed by atoms with E-state index in [-0.39, 0.29) is 22.7 Å². The minimum atomic E-state index is -5.36. The molecule has 0 aliphatic carbocycles. The molecule has 0 aliphatic heterocycles. The van der Waals surface area contributed by atoms with Crippen molar-refractivity contribution in [2.24, 2.45) is 0 Å². The molecule has 0 aromatic heterocycles. The van der Waals surface area contributed by atoms with Gasteiger partial charge in [-0.15, -0.1) is 0 Å². The predicted molar refractivity (Wildman–Crippen MR) is 247 cm³/mol. The first-order chi connectivity index (χ1) is 32.0. The minimum absolute atomic E-state index is 0.0146. The number of hydrogen-bond acceptors (Lipinski definition) is 15. The standard InChI is InChI=1S/C37H32N6O21S6/c1-17-3-5-21(11-27(17)40-36(45)42-29-13-23(65(47,48)49)7-19-9-25(67(53,54)55)15-31(33(19)29)69(59,60)61)38-35(44)39-22-6-4-18(2)28(12-22)41-37(46)43-30-14-24(66(50,51)52)8-20-10-26(68(56,57)58)16-32(34(20)30)70(62,63)64/h3-16H,1-2H3,(H2,38,39,44)(H2,40,42,45)(H2,41,43,46)(H,47,48,49)(H,50,51,52)(H,53,54,55)(H,56,57,58)(H,59,60,61)(H,62,63,64). The summed E-state index contributed by atoms with van der Waals surface area (Å²) in [6, 6.07) is 8.97. The number of aryl methyl sites for hydroxylation is 2. The summed E-state index contributed by atoms with van der Waals surface area (Å²) < 4.78 is 204. The van der Waals surface area contributed by atoms with Crippen molar-refractivity contribution in [2.45, 2.75) is 43.2 Å². The summed E-state index contributed by atoms with van der Waals surface area (Å²) in [7, 11) is -31.3. The summed E-state index contributed by atoms with van der Waals surface area (Å²) in [4.78, 5) is 33.3. The van der Waals surface area contributed by atoms with Crippen molar-refractivity contribution < 1.29 is 92.2 Å². The summed E-state index contributed by atoms with van der Waals surface area (Å²) in [5.74, 6) is 0. The van der Waals surface area contributed by atoms with Crippen molar-refractivity contribution in [3.05, 3.63) is 96.1 Å². The van der Waals surface area contributed by atoms with Gasteiger partial charge in [-0.1, -0.05) is 12.1 Å².